The molecule has 3 fully saturated rings. The van der Waals surface area contributed by atoms with Crippen LogP contribution in [-0.4, -0.2) is 18.5 Å². The average molecular weight is 224 g/mol. The molecule has 3 aliphatic rings. The van der Waals surface area contributed by atoms with E-state index in [1.807, 2.05) is 0 Å². The van der Waals surface area contributed by atoms with Crippen molar-refractivity contribution in [3.8, 4) is 0 Å². The molecular weight excluding hydrogens is 200 g/mol. The first kappa shape index (κ1) is 11.0. The first-order chi connectivity index (χ1) is 7.66. The van der Waals surface area contributed by atoms with Gasteiger partial charge in [0.2, 0.25) is 0 Å². The van der Waals surface area contributed by atoms with E-state index in [1.54, 1.807) is 0 Å². The summed E-state index contributed by atoms with van der Waals surface area (Å²) in [5.74, 6) is 3.16. The zero-order valence-corrected chi connectivity index (χ0v) is 10.7. The third-order valence-corrected chi connectivity index (χ3v) is 5.21. The summed E-state index contributed by atoms with van der Waals surface area (Å²) in [4.78, 5) is 0. The molecule has 0 bridgehead atoms. The van der Waals surface area contributed by atoms with Crippen LogP contribution in [0.5, 0.6) is 0 Å². The molecule has 92 valence electrons. The zero-order valence-electron chi connectivity index (χ0n) is 10.7. The van der Waals surface area contributed by atoms with Crippen molar-refractivity contribution in [1.29, 1.82) is 0 Å². The van der Waals surface area contributed by atoms with Gasteiger partial charge in [0.05, 0.1) is 12.2 Å². The molecule has 2 heterocycles. The summed E-state index contributed by atoms with van der Waals surface area (Å²) in [6.07, 6.45) is 6.19. The quantitative estimate of drug-likeness (QED) is 0.629. The second-order valence-electron chi connectivity index (χ2n) is 6.19. The highest BCUT2D eigenvalue weighted by Gasteiger charge is 2.51. The Morgan fingerprint density at radius 1 is 0.812 bits per heavy atom. The van der Waals surface area contributed by atoms with Crippen LogP contribution in [0.4, 0.5) is 0 Å². The molecule has 16 heavy (non-hydrogen) atoms. The van der Waals surface area contributed by atoms with Crippen LogP contribution < -0.4 is 0 Å². The largest absolute Gasteiger partial charge is 0.349 e. The fraction of sp³-hybridized carbons (Fsp3) is 1.00. The Kier molecular flexibility index (Phi) is 2.75. The lowest BCUT2D eigenvalue weighted by atomic mass is 9.65. The van der Waals surface area contributed by atoms with Crippen LogP contribution in [0.3, 0.4) is 0 Å². The van der Waals surface area contributed by atoms with Gasteiger partial charge in [-0.15, -0.1) is 0 Å². The summed E-state index contributed by atoms with van der Waals surface area (Å²) in [6.45, 7) is 6.86. The smallest absolute Gasteiger partial charge is 0.161 e. The fourth-order valence-corrected chi connectivity index (χ4v) is 4.24. The van der Waals surface area contributed by atoms with Crippen LogP contribution >= 0.6 is 0 Å². The van der Waals surface area contributed by atoms with Gasteiger partial charge in [-0.05, 0) is 50.9 Å². The van der Waals surface area contributed by atoms with Crippen LogP contribution in [0.15, 0.2) is 0 Å². The van der Waals surface area contributed by atoms with Gasteiger partial charge < -0.3 is 9.47 Å². The molecule has 2 aliphatic heterocycles. The van der Waals surface area contributed by atoms with Gasteiger partial charge in [0.15, 0.2) is 6.29 Å². The van der Waals surface area contributed by atoms with E-state index < -0.39 is 0 Å². The van der Waals surface area contributed by atoms with E-state index in [2.05, 4.69) is 20.8 Å². The zero-order chi connectivity index (χ0) is 11.3. The highest BCUT2D eigenvalue weighted by Crippen LogP contribution is 2.51. The number of hydrogen-bond acceptors (Lipinski definition) is 2. The summed E-state index contributed by atoms with van der Waals surface area (Å²) in [6, 6.07) is 0. The van der Waals surface area contributed by atoms with Gasteiger partial charge in [0.25, 0.3) is 0 Å². The van der Waals surface area contributed by atoms with Crippen LogP contribution in [0.2, 0.25) is 0 Å². The van der Waals surface area contributed by atoms with Gasteiger partial charge in [-0.3, -0.25) is 0 Å². The van der Waals surface area contributed by atoms with E-state index in [-0.39, 0.29) is 6.29 Å². The minimum Gasteiger partial charge on any atom is -0.349 e. The summed E-state index contributed by atoms with van der Waals surface area (Å²) in [7, 11) is 0. The van der Waals surface area contributed by atoms with Crippen LogP contribution in [0.25, 0.3) is 0 Å². The lowest BCUT2D eigenvalue weighted by Crippen LogP contribution is -2.37. The first-order valence-corrected chi connectivity index (χ1v) is 6.97. The van der Waals surface area contributed by atoms with Crippen molar-refractivity contribution in [2.75, 3.05) is 0 Å². The van der Waals surface area contributed by atoms with E-state index in [0.717, 1.165) is 17.8 Å². The van der Waals surface area contributed by atoms with E-state index >= 15 is 0 Å². The predicted molar refractivity (Wildman–Crippen MR) is 63.0 cm³/mol. The van der Waals surface area contributed by atoms with Gasteiger partial charge in [0.1, 0.15) is 0 Å². The minimum atomic E-state index is 0.102. The Morgan fingerprint density at radius 2 is 1.56 bits per heavy atom. The van der Waals surface area contributed by atoms with E-state index in [1.165, 1.54) is 25.7 Å². The molecule has 0 N–H and O–H groups in total. The molecule has 7 atom stereocenters. The molecule has 0 aromatic carbocycles. The summed E-state index contributed by atoms with van der Waals surface area (Å²) in [5, 5.41) is 0. The molecule has 3 rings (SSSR count). The van der Waals surface area contributed by atoms with Gasteiger partial charge in [-0.2, -0.15) is 0 Å². The van der Waals surface area contributed by atoms with E-state index in [4.69, 9.17) is 9.47 Å². The molecule has 1 aliphatic carbocycles. The fourth-order valence-electron chi connectivity index (χ4n) is 4.24. The van der Waals surface area contributed by atoms with Gasteiger partial charge in [-0.1, -0.05) is 13.3 Å². The topological polar surface area (TPSA) is 18.5 Å². The predicted octanol–water partition coefficient (Wildman–Crippen LogP) is 3.21. The summed E-state index contributed by atoms with van der Waals surface area (Å²) in [5.41, 5.74) is 0. The standard InChI is InChI=1S/C14H24O2/c1-8-4-6-12-10(3)16-14-13(12)11(8)7-5-9(2)15-14/h8-14H,4-7H2,1-3H3/t8-,9?,10-,11?,12?,13?,14-/m1/s1. The molecule has 0 radical (unpaired) electrons. The van der Waals surface area contributed by atoms with Crippen molar-refractivity contribution in [2.24, 2.45) is 23.7 Å². The molecule has 0 aromatic rings. The third-order valence-electron chi connectivity index (χ3n) is 5.21. The van der Waals surface area contributed by atoms with Crippen molar-refractivity contribution >= 4 is 0 Å². The normalized spacial score (nSPS) is 56.8. The first-order valence-electron chi connectivity index (χ1n) is 6.97. The molecular formula is C14H24O2. The Bertz CT molecular complexity index is 265. The van der Waals surface area contributed by atoms with E-state index in [9.17, 15) is 0 Å². The van der Waals surface area contributed by atoms with Crippen LogP contribution in [0.1, 0.15) is 46.5 Å². The molecule has 4 unspecified atom stereocenters. The van der Waals surface area contributed by atoms with E-state index in [0.29, 0.717) is 18.1 Å². The Balaban J connectivity index is 1.88. The number of rotatable bonds is 0. The maximum Gasteiger partial charge on any atom is 0.161 e. The van der Waals surface area contributed by atoms with Crippen LogP contribution in [0, 0.1) is 23.7 Å². The van der Waals surface area contributed by atoms with Crippen molar-refractivity contribution < 1.29 is 9.47 Å². The molecule has 2 heteroatoms. The lowest BCUT2D eigenvalue weighted by Gasteiger charge is -2.38. The SMILES string of the molecule is CC1CCC2C3C(CC[C@H]2C)[C@@H](C)O[C@H]3O1. The van der Waals surface area contributed by atoms with Gasteiger partial charge >= 0.3 is 0 Å². The Labute approximate surface area is 98.7 Å². The maximum absolute atomic E-state index is 6.07. The second kappa shape index (κ2) is 3.99. The average Bonchev–Trinajstić information content (AvgIpc) is 2.43. The van der Waals surface area contributed by atoms with Crippen molar-refractivity contribution in [3.63, 3.8) is 0 Å². The molecule has 0 amide bonds. The van der Waals surface area contributed by atoms with Crippen molar-refractivity contribution in [3.05, 3.63) is 0 Å². The third kappa shape index (κ3) is 1.62. The van der Waals surface area contributed by atoms with Crippen LogP contribution in [-0.2, 0) is 9.47 Å². The molecule has 2 saturated heterocycles. The van der Waals surface area contributed by atoms with Crippen molar-refractivity contribution in [1.82, 2.24) is 0 Å². The molecule has 1 saturated carbocycles. The molecule has 0 aromatic heterocycles. The monoisotopic (exact) mass is 224 g/mol. The highest BCUT2D eigenvalue weighted by molar-refractivity contribution is 4.95. The summed E-state index contributed by atoms with van der Waals surface area (Å²) < 4.78 is 12.1. The summed E-state index contributed by atoms with van der Waals surface area (Å²) >= 11 is 0. The second-order valence-corrected chi connectivity index (χ2v) is 6.19. The maximum atomic E-state index is 6.07. The Morgan fingerprint density at radius 3 is 2.38 bits per heavy atom. The van der Waals surface area contributed by atoms with Gasteiger partial charge in [-0.25, -0.2) is 0 Å². The van der Waals surface area contributed by atoms with Gasteiger partial charge in [0, 0.05) is 5.92 Å². The number of ether oxygens (including phenoxy) is 2. The molecule has 0 spiro atoms. The lowest BCUT2D eigenvalue weighted by molar-refractivity contribution is -0.169. The molecule has 2 nitrogen and oxygen atoms in total. The minimum absolute atomic E-state index is 0.102. The number of hydrogen-bond donors (Lipinski definition) is 0. The Hall–Kier alpha value is -0.0800. The highest BCUT2D eigenvalue weighted by atomic mass is 16.7. The van der Waals surface area contributed by atoms with Crippen molar-refractivity contribution in [2.45, 2.75) is 65.0 Å².